The standard InChI is InChI=1S/C12H22N2O2.ClH/c15-12(4-3-10-5-7-16-9-10)14-11-2-1-6-13-8-11;/h10-11,13H,1-9H2,(H,14,15);1H. The smallest absolute Gasteiger partial charge is 0.220 e. The summed E-state index contributed by atoms with van der Waals surface area (Å²) in [7, 11) is 0. The first kappa shape index (κ1) is 14.7. The van der Waals surface area contributed by atoms with Gasteiger partial charge < -0.3 is 15.4 Å². The van der Waals surface area contributed by atoms with Crippen LogP contribution in [-0.2, 0) is 9.53 Å². The highest BCUT2D eigenvalue weighted by atomic mass is 35.5. The van der Waals surface area contributed by atoms with Crippen LogP contribution in [0.3, 0.4) is 0 Å². The summed E-state index contributed by atoms with van der Waals surface area (Å²) in [6.07, 6.45) is 5.04. The zero-order valence-corrected chi connectivity index (χ0v) is 11.1. The van der Waals surface area contributed by atoms with Gasteiger partial charge in [-0.05, 0) is 38.1 Å². The first-order valence-electron chi connectivity index (χ1n) is 6.42. The molecule has 2 N–H and O–H groups in total. The van der Waals surface area contributed by atoms with Crippen LogP contribution in [0.1, 0.15) is 32.1 Å². The number of hydrogen-bond donors (Lipinski definition) is 2. The molecule has 2 fully saturated rings. The van der Waals surface area contributed by atoms with Crippen LogP contribution >= 0.6 is 12.4 Å². The van der Waals surface area contributed by atoms with Crippen LogP contribution in [0.25, 0.3) is 0 Å². The molecule has 100 valence electrons. The van der Waals surface area contributed by atoms with E-state index in [4.69, 9.17) is 4.74 Å². The molecule has 0 aromatic heterocycles. The van der Waals surface area contributed by atoms with Crippen LogP contribution in [-0.4, -0.2) is 38.3 Å². The topological polar surface area (TPSA) is 50.4 Å². The van der Waals surface area contributed by atoms with Crippen LogP contribution in [0.2, 0.25) is 0 Å². The van der Waals surface area contributed by atoms with Gasteiger partial charge in [-0.2, -0.15) is 0 Å². The molecule has 0 aromatic rings. The van der Waals surface area contributed by atoms with E-state index < -0.39 is 0 Å². The van der Waals surface area contributed by atoms with E-state index in [2.05, 4.69) is 10.6 Å². The number of piperidine rings is 1. The van der Waals surface area contributed by atoms with Gasteiger partial charge >= 0.3 is 0 Å². The van der Waals surface area contributed by atoms with Gasteiger partial charge in [-0.3, -0.25) is 4.79 Å². The molecule has 0 bridgehead atoms. The van der Waals surface area contributed by atoms with Gasteiger partial charge in [-0.1, -0.05) is 0 Å². The van der Waals surface area contributed by atoms with Crippen molar-refractivity contribution in [2.24, 2.45) is 5.92 Å². The van der Waals surface area contributed by atoms with E-state index >= 15 is 0 Å². The van der Waals surface area contributed by atoms with E-state index in [0.29, 0.717) is 18.4 Å². The molecule has 2 aliphatic heterocycles. The molecule has 2 aliphatic rings. The minimum Gasteiger partial charge on any atom is -0.381 e. The van der Waals surface area contributed by atoms with Gasteiger partial charge in [0.15, 0.2) is 0 Å². The molecule has 0 aromatic carbocycles. The van der Waals surface area contributed by atoms with Crippen molar-refractivity contribution < 1.29 is 9.53 Å². The summed E-state index contributed by atoms with van der Waals surface area (Å²) in [5, 5.41) is 6.40. The highest BCUT2D eigenvalue weighted by molar-refractivity contribution is 5.85. The van der Waals surface area contributed by atoms with Gasteiger partial charge in [0.25, 0.3) is 0 Å². The highest BCUT2D eigenvalue weighted by Gasteiger charge is 2.19. The Hall–Kier alpha value is -0.320. The van der Waals surface area contributed by atoms with Crippen molar-refractivity contribution >= 4 is 18.3 Å². The molecule has 2 atom stereocenters. The molecular weight excluding hydrogens is 240 g/mol. The Morgan fingerprint density at radius 3 is 2.94 bits per heavy atom. The second-order valence-electron chi connectivity index (χ2n) is 4.88. The molecule has 2 rings (SSSR count). The maximum atomic E-state index is 11.7. The highest BCUT2D eigenvalue weighted by Crippen LogP contribution is 2.17. The molecular formula is C12H23ClN2O2. The number of carbonyl (C=O) groups is 1. The van der Waals surface area contributed by atoms with Gasteiger partial charge in [0.2, 0.25) is 5.91 Å². The van der Waals surface area contributed by atoms with E-state index in [1.165, 1.54) is 6.42 Å². The maximum Gasteiger partial charge on any atom is 0.220 e. The third-order valence-electron chi connectivity index (χ3n) is 3.47. The zero-order chi connectivity index (χ0) is 11.2. The fraction of sp³-hybridized carbons (Fsp3) is 0.917. The monoisotopic (exact) mass is 262 g/mol. The van der Waals surface area contributed by atoms with E-state index in [1.807, 2.05) is 0 Å². The van der Waals surface area contributed by atoms with Crippen molar-refractivity contribution in [3.63, 3.8) is 0 Å². The van der Waals surface area contributed by atoms with Crippen LogP contribution < -0.4 is 10.6 Å². The fourth-order valence-electron chi connectivity index (χ4n) is 2.42. The summed E-state index contributed by atoms with van der Waals surface area (Å²) in [5.41, 5.74) is 0. The number of nitrogens with one attached hydrogen (secondary N) is 2. The molecule has 2 saturated heterocycles. The molecule has 5 heteroatoms. The third-order valence-corrected chi connectivity index (χ3v) is 3.47. The molecule has 2 heterocycles. The maximum absolute atomic E-state index is 11.7. The quantitative estimate of drug-likeness (QED) is 0.798. The number of ether oxygens (including phenoxy) is 1. The zero-order valence-electron chi connectivity index (χ0n) is 10.2. The summed E-state index contributed by atoms with van der Waals surface area (Å²) < 4.78 is 5.30. The van der Waals surface area contributed by atoms with E-state index in [9.17, 15) is 4.79 Å². The summed E-state index contributed by atoms with van der Waals surface area (Å²) >= 11 is 0. The van der Waals surface area contributed by atoms with Crippen LogP contribution in [0.4, 0.5) is 0 Å². The van der Waals surface area contributed by atoms with E-state index in [0.717, 1.165) is 45.6 Å². The Balaban J connectivity index is 0.00000144. The normalized spacial score (nSPS) is 28.5. The Morgan fingerprint density at radius 1 is 1.41 bits per heavy atom. The predicted octanol–water partition coefficient (Wildman–Crippen LogP) is 1.09. The Morgan fingerprint density at radius 2 is 2.29 bits per heavy atom. The molecule has 1 amide bonds. The van der Waals surface area contributed by atoms with Crippen molar-refractivity contribution in [2.75, 3.05) is 26.3 Å². The Labute approximate surface area is 109 Å². The molecule has 0 radical (unpaired) electrons. The van der Waals surface area contributed by atoms with Crippen molar-refractivity contribution in [1.29, 1.82) is 0 Å². The molecule has 0 saturated carbocycles. The average molecular weight is 263 g/mol. The summed E-state index contributed by atoms with van der Waals surface area (Å²) in [6.45, 7) is 3.74. The number of carbonyl (C=O) groups excluding carboxylic acids is 1. The lowest BCUT2D eigenvalue weighted by molar-refractivity contribution is -0.122. The van der Waals surface area contributed by atoms with Gasteiger partial charge in [0.1, 0.15) is 0 Å². The van der Waals surface area contributed by atoms with Crippen LogP contribution in [0.15, 0.2) is 0 Å². The van der Waals surface area contributed by atoms with Crippen molar-refractivity contribution in [1.82, 2.24) is 10.6 Å². The Kier molecular flexibility index (Phi) is 6.85. The molecule has 2 unspecified atom stereocenters. The van der Waals surface area contributed by atoms with Crippen molar-refractivity contribution in [2.45, 2.75) is 38.1 Å². The van der Waals surface area contributed by atoms with Gasteiger partial charge in [-0.15, -0.1) is 12.4 Å². The first-order valence-corrected chi connectivity index (χ1v) is 6.42. The summed E-state index contributed by atoms with van der Waals surface area (Å²) in [6, 6.07) is 0.348. The number of rotatable bonds is 4. The molecule has 17 heavy (non-hydrogen) atoms. The minimum atomic E-state index is 0. The third kappa shape index (κ3) is 5.23. The molecule has 0 aliphatic carbocycles. The largest absolute Gasteiger partial charge is 0.381 e. The van der Waals surface area contributed by atoms with Crippen molar-refractivity contribution in [3.05, 3.63) is 0 Å². The summed E-state index contributed by atoms with van der Waals surface area (Å²) in [5.74, 6) is 0.816. The Bertz CT molecular complexity index is 227. The average Bonchev–Trinajstić information content (AvgIpc) is 2.81. The van der Waals surface area contributed by atoms with E-state index in [1.54, 1.807) is 0 Å². The van der Waals surface area contributed by atoms with Gasteiger partial charge in [0.05, 0.1) is 0 Å². The molecule has 0 spiro atoms. The predicted molar refractivity (Wildman–Crippen MR) is 69.4 cm³/mol. The second-order valence-corrected chi connectivity index (χ2v) is 4.88. The minimum absolute atomic E-state index is 0. The number of amides is 1. The fourth-order valence-corrected chi connectivity index (χ4v) is 2.42. The second kappa shape index (κ2) is 7.90. The first-order chi connectivity index (χ1) is 7.84. The lowest BCUT2D eigenvalue weighted by atomic mass is 10.0. The van der Waals surface area contributed by atoms with Crippen LogP contribution in [0.5, 0.6) is 0 Å². The van der Waals surface area contributed by atoms with Gasteiger partial charge in [-0.25, -0.2) is 0 Å². The summed E-state index contributed by atoms with van der Waals surface area (Å²) in [4.78, 5) is 11.7. The SMILES string of the molecule is Cl.O=C(CCC1CCOC1)NC1CCCNC1. The lowest BCUT2D eigenvalue weighted by Crippen LogP contribution is -2.45. The van der Waals surface area contributed by atoms with E-state index in [-0.39, 0.29) is 18.3 Å². The number of hydrogen-bond acceptors (Lipinski definition) is 3. The van der Waals surface area contributed by atoms with Crippen molar-refractivity contribution in [3.8, 4) is 0 Å². The lowest BCUT2D eigenvalue weighted by Gasteiger charge is -2.24. The molecule has 4 nitrogen and oxygen atoms in total. The van der Waals surface area contributed by atoms with Crippen LogP contribution in [0, 0.1) is 5.92 Å². The number of halogens is 1. The van der Waals surface area contributed by atoms with Gasteiger partial charge in [0, 0.05) is 32.2 Å².